The molecule has 6 N–H and O–H groups in total. The summed E-state index contributed by atoms with van der Waals surface area (Å²) in [6.45, 7) is 8.06. The number of aromatic amines is 2. The predicted octanol–water partition coefficient (Wildman–Crippen LogP) is 6.79. The van der Waals surface area contributed by atoms with Crippen LogP contribution in [0.3, 0.4) is 0 Å². The highest BCUT2D eigenvalue weighted by Crippen LogP contribution is 2.24. The summed E-state index contributed by atoms with van der Waals surface area (Å²) in [5.74, 6) is 2.76. The van der Waals surface area contributed by atoms with Gasteiger partial charge < -0.3 is 21.4 Å². The van der Waals surface area contributed by atoms with Gasteiger partial charge in [-0.2, -0.15) is 0 Å². The summed E-state index contributed by atoms with van der Waals surface area (Å²) in [7, 11) is 0. The number of nitrogens with zero attached hydrogens (tertiary/aromatic N) is 4. The Labute approximate surface area is 257 Å². The molecule has 0 unspecified atom stereocenters. The third-order valence-electron chi connectivity index (χ3n) is 7.51. The van der Waals surface area contributed by atoms with Gasteiger partial charge >= 0.3 is 0 Å². The van der Waals surface area contributed by atoms with E-state index in [4.69, 9.17) is 21.4 Å². The number of nitrogens with two attached hydrogens (primary N) is 2. The van der Waals surface area contributed by atoms with E-state index in [0.717, 1.165) is 68.8 Å². The molecule has 0 spiro atoms. The standard InChI is InChI=1S/C36H38N8/c1-21(2)39-33(37)27-15-17-29-31(19-27)43-35(41-29)25-11-7-23(8-12-25)5-6-24-9-13-26(14-10-24)36-42-30-18-16-28(20-32(30)44-36)34(38)40-22(3)4/h7-22H,5-6H2,1-4H3,(H2,37,39)(H2,38,40)(H,41,43)(H,42,44). The van der Waals surface area contributed by atoms with Crippen molar-refractivity contribution in [1.29, 1.82) is 0 Å². The van der Waals surface area contributed by atoms with Crippen molar-refractivity contribution in [2.45, 2.75) is 52.6 Å². The van der Waals surface area contributed by atoms with Crippen molar-refractivity contribution < 1.29 is 0 Å². The second-order valence-corrected chi connectivity index (χ2v) is 11.7. The van der Waals surface area contributed by atoms with E-state index in [0.29, 0.717) is 11.7 Å². The maximum absolute atomic E-state index is 6.17. The molecule has 0 atom stereocenters. The van der Waals surface area contributed by atoms with Crippen LogP contribution in [-0.4, -0.2) is 43.7 Å². The van der Waals surface area contributed by atoms with Crippen LogP contribution in [0.1, 0.15) is 49.9 Å². The summed E-state index contributed by atoms with van der Waals surface area (Å²) < 4.78 is 0. The summed E-state index contributed by atoms with van der Waals surface area (Å²) in [5, 5.41) is 0. The summed E-state index contributed by atoms with van der Waals surface area (Å²) >= 11 is 0. The maximum Gasteiger partial charge on any atom is 0.138 e. The SMILES string of the molecule is CC(C)N=C(N)c1ccc2nc(-c3ccc(CCc4ccc(-c5nc6ccc(C(N)=NC(C)C)cc6[nH]5)cc4)cc3)[nH]c2c1. The molecular formula is C36H38N8. The Kier molecular flexibility index (Phi) is 7.98. The van der Waals surface area contributed by atoms with Crippen LogP contribution in [0.5, 0.6) is 0 Å². The lowest BCUT2D eigenvalue weighted by Gasteiger charge is -2.05. The van der Waals surface area contributed by atoms with E-state index in [1.165, 1.54) is 11.1 Å². The zero-order valence-electron chi connectivity index (χ0n) is 25.6. The average molecular weight is 583 g/mol. The van der Waals surface area contributed by atoms with Crippen molar-refractivity contribution in [1.82, 2.24) is 19.9 Å². The minimum atomic E-state index is 0.147. The molecule has 8 nitrogen and oxygen atoms in total. The van der Waals surface area contributed by atoms with Gasteiger partial charge in [0, 0.05) is 34.3 Å². The number of hydrogen-bond donors (Lipinski definition) is 4. The molecule has 2 heterocycles. The van der Waals surface area contributed by atoms with Crippen molar-refractivity contribution >= 4 is 33.7 Å². The minimum Gasteiger partial charge on any atom is -0.383 e. The van der Waals surface area contributed by atoms with Gasteiger partial charge in [0.2, 0.25) is 0 Å². The molecule has 0 fully saturated rings. The second kappa shape index (κ2) is 12.2. The topological polar surface area (TPSA) is 134 Å². The van der Waals surface area contributed by atoms with Crippen LogP contribution in [0.2, 0.25) is 0 Å². The van der Waals surface area contributed by atoms with Crippen molar-refractivity contribution in [2.24, 2.45) is 21.5 Å². The lowest BCUT2D eigenvalue weighted by atomic mass is 10.0. The van der Waals surface area contributed by atoms with Crippen LogP contribution < -0.4 is 11.5 Å². The zero-order chi connectivity index (χ0) is 30.8. The van der Waals surface area contributed by atoms with Gasteiger partial charge in [0.25, 0.3) is 0 Å². The third kappa shape index (κ3) is 6.39. The van der Waals surface area contributed by atoms with Crippen LogP contribution in [0, 0.1) is 0 Å². The highest BCUT2D eigenvalue weighted by Gasteiger charge is 2.10. The first-order chi connectivity index (χ1) is 21.2. The Morgan fingerprint density at radius 2 is 0.977 bits per heavy atom. The van der Waals surface area contributed by atoms with E-state index in [9.17, 15) is 0 Å². The van der Waals surface area contributed by atoms with Crippen molar-refractivity contribution in [3.05, 3.63) is 107 Å². The average Bonchev–Trinajstić information content (AvgIpc) is 3.63. The molecule has 0 aliphatic carbocycles. The number of amidine groups is 2. The molecule has 0 bridgehead atoms. The first-order valence-electron chi connectivity index (χ1n) is 15.1. The molecular weight excluding hydrogens is 544 g/mol. The van der Waals surface area contributed by atoms with E-state index in [1.54, 1.807) is 0 Å². The highest BCUT2D eigenvalue weighted by atomic mass is 14.9. The Hall–Kier alpha value is -5.24. The van der Waals surface area contributed by atoms with E-state index in [2.05, 4.69) is 68.5 Å². The molecule has 6 aromatic rings. The van der Waals surface area contributed by atoms with Crippen molar-refractivity contribution in [3.63, 3.8) is 0 Å². The number of fused-ring (bicyclic) bond motifs is 2. The molecule has 44 heavy (non-hydrogen) atoms. The second-order valence-electron chi connectivity index (χ2n) is 11.7. The van der Waals surface area contributed by atoms with E-state index >= 15 is 0 Å². The number of hydrogen-bond acceptors (Lipinski definition) is 4. The number of aryl methyl sites for hydroxylation is 2. The van der Waals surface area contributed by atoms with E-state index < -0.39 is 0 Å². The van der Waals surface area contributed by atoms with Gasteiger partial charge in [0.1, 0.15) is 23.3 Å². The van der Waals surface area contributed by atoms with Gasteiger partial charge in [0.15, 0.2) is 0 Å². The molecule has 4 aromatic carbocycles. The lowest BCUT2D eigenvalue weighted by Crippen LogP contribution is -2.15. The summed E-state index contributed by atoms with van der Waals surface area (Å²) in [6.07, 6.45) is 1.90. The molecule has 0 aliphatic rings. The minimum absolute atomic E-state index is 0.147. The Balaban J connectivity index is 1.10. The number of aliphatic imine (C=N–C) groups is 2. The molecule has 0 saturated heterocycles. The van der Waals surface area contributed by atoms with Gasteiger partial charge in [0.05, 0.1) is 22.1 Å². The number of nitrogens with one attached hydrogen (secondary N) is 2. The molecule has 2 aromatic heterocycles. The zero-order valence-corrected chi connectivity index (χ0v) is 25.6. The molecule has 6 rings (SSSR count). The third-order valence-corrected chi connectivity index (χ3v) is 7.51. The van der Waals surface area contributed by atoms with Crippen LogP contribution in [0.25, 0.3) is 44.8 Å². The van der Waals surface area contributed by atoms with Gasteiger partial charge in [-0.15, -0.1) is 0 Å². The maximum atomic E-state index is 6.17. The quantitative estimate of drug-likeness (QED) is 0.110. The highest BCUT2D eigenvalue weighted by molar-refractivity contribution is 6.01. The fraction of sp³-hybridized carbons (Fsp3) is 0.222. The van der Waals surface area contributed by atoms with Crippen LogP contribution in [-0.2, 0) is 12.8 Å². The normalized spacial score (nSPS) is 12.7. The summed E-state index contributed by atoms with van der Waals surface area (Å²) in [6, 6.07) is 29.4. The largest absolute Gasteiger partial charge is 0.383 e. The first kappa shape index (κ1) is 28.9. The van der Waals surface area contributed by atoms with Crippen LogP contribution >= 0.6 is 0 Å². The smallest absolute Gasteiger partial charge is 0.138 e. The van der Waals surface area contributed by atoms with Gasteiger partial charge in [-0.05, 0) is 88.1 Å². The van der Waals surface area contributed by atoms with Gasteiger partial charge in [-0.1, -0.05) is 48.5 Å². The summed E-state index contributed by atoms with van der Waals surface area (Å²) in [5.41, 5.74) is 22.5. The number of rotatable bonds is 9. The van der Waals surface area contributed by atoms with Gasteiger partial charge in [-0.25, -0.2) is 9.97 Å². The van der Waals surface area contributed by atoms with E-state index in [1.807, 2.05) is 64.1 Å². The molecule has 0 aliphatic heterocycles. The fourth-order valence-electron chi connectivity index (χ4n) is 5.26. The molecule has 222 valence electrons. The predicted molar refractivity (Wildman–Crippen MR) is 182 cm³/mol. The van der Waals surface area contributed by atoms with Crippen LogP contribution in [0.15, 0.2) is 94.9 Å². The monoisotopic (exact) mass is 582 g/mol. The first-order valence-corrected chi connectivity index (χ1v) is 15.1. The van der Waals surface area contributed by atoms with E-state index in [-0.39, 0.29) is 12.1 Å². The molecule has 0 radical (unpaired) electrons. The number of benzene rings is 4. The fourth-order valence-corrected chi connectivity index (χ4v) is 5.26. The van der Waals surface area contributed by atoms with Gasteiger partial charge in [-0.3, -0.25) is 9.98 Å². The Morgan fingerprint density at radius 1 is 0.591 bits per heavy atom. The molecule has 0 saturated carbocycles. The Bertz CT molecular complexity index is 1830. The molecule has 0 amide bonds. The lowest BCUT2D eigenvalue weighted by molar-refractivity contribution is 0.834. The van der Waals surface area contributed by atoms with Crippen LogP contribution in [0.4, 0.5) is 0 Å². The number of imidazole rings is 2. The number of aromatic nitrogens is 4. The van der Waals surface area contributed by atoms with Crippen molar-refractivity contribution in [3.8, 4) is 22.8 Å². The van der Waals surface area contributed by atoms with Crippen molar-refractivity contribution in [2.75, 3.05) is 0 Å². The summed E-state index contributed by atoms with van der Waals surface area (Å²) in [4.78, 5) is 25.4. The molecule has 8 heteroatoms. The Morgan fingerprint density at radius 3 is 1.34 bits per heavy atom. The number of H-pyrrole nitrogens is 2.